The number of thiophene rings is 1. The number of rotatable bonds is 5. The number of halogens is 1. The molecule has 2 aromatic carbocycles. The highest BCUT2D eigenvalue weighted by Crippen LogP contribution is 2.39. The molecule has 4 rings (SSSR count). The van der Waals surface area contributed by atoms with Crippen molar-refractivity contribution in [1.82, 2.24) is 5.32 Å². The fourth-order valence-electron chi connectivity index (χ4n) is 3.18. The van der Waals surface area contributed by atoms with Crippen molar-refractivity contribution in [3.05, 3.63) is 97.7 Å². The molecule has 30 heavy (non-hydrogen) atoms. The van der Waals surface area contributed by atoms with Crippen molar-refractivity contribution in [2.45, 2.75) is 20.0 Å². The Morgan fingerprint density at radius 2 is 1.70 bits per heavy atom. The number of anilines is 1. The van der Waals surface area contributed by atoms with Gasteiger partial charge in [0, 0.05) is 17.8 Å². The predicted octanol–water partition coefficient (Wildman–Crippen LogP) is 4.87. The van der Waals surface area contributed by atoms with E-state index < -0.39 is 15.8 Å². The third-order valence-electron chi connectivity index (χ3n) is 4.81. The number of carbonyl (C=O) groups is 1. The normalized spacial score (nSPS) is 16.5. The Bertz CT molecular complexity index is 1210. The lowest BCUT2D eigenvalue weighted by atomic mass is 10.1. The molecule has 5 nitrogen and oxygen atoms in total. The number of benzene rings is 2. The molecule has 1 aliphatic heterocycles. The Kier molecular flexibility index (Phi) is 5.69. The van der Waals surface area contributed by atoms with Gasteiger partial charge in [0.2, 0.25) is 5.78 Å². The molecule has 0 bridgehead atoms. The van der Waals surface area contributed by atoms with Crippen molar-refractivity contribution < 1.29 is 13.2 Å². The van der Waals surface area contributed by atoms with Gasteiger partial charge in [-0.05, 0) is 41.6 Å². The number of hydrogen-bond acceptors (Lipinski definition) is 5. The zero-order valence-electron chi connectivity index (χ0n) is 16.1. The average molecular weight is 459 g/mol. The first-order valence-corrected chi connectivity index (χ1v) is 11.9. The van der Waals surface area contributed by atoms with Gasteiger partial charge in [0.1, 0.15) is 4.88 Å². The summed E-state index contributed by atoms with van der Waals surface area (Å²) in [7, 11) is -4.00. The standard InChI is InChI=1S/C22H19ClN2O3S2/c1-15-2-4-17(5-3-15)14-25-19-10-11-29-22(19)21(26)20(30(25,27)28)13-24-12-16-6-8-18(23)9-7-16/h2-11,13,24H,12,14H2,1H3. The van der Waals surface area contributed by atoms with Crippen LogP contribution in [0.5, 0.6) is 0 Å². The van der Waals surface area contributed by atoms with Crippen LogP contribution in [-0.2, 0) is 23.1 Å². The summed E-state index contributed by atoms with van der Waals surface area (Å²) in [6, 6.07) is 16.6. The molecular weight excluding hydrogens is 440 g/mol. The van der Waals surface area contributed by atoms with Crippen LogP contribution in [0.25, 0.3) is 0 Å². The second-order valence-corrected chi connectivity index (χ2v) is 10.2. The molecule has 8 heteroatoms. The van der Waals surface area contributed by atoms with E-state index in [-0.39, 0.29) is 11.4 Å². The maximum Gasteiger partial charge on any atom is 0.270 e. The summed E-state index contributed by atoms with van der Waals surface area (Å²) in [4.78, 5) is 13.1. The minimum Gasteiger partial charge on any atom is -0.386 e. The van der Waals surface area contributed by atoms with Gasteiger partial charge in [0.05, 0.1) is 12.2 Å². The van der Waals surface area contributed by atoms with Gasteiger partial charge in [-0.1, -0.05) is 53.6 Å². The summed E-state index contributed by atoms with van der Waals surface area (Å²) < 4.78 is 28.0. The summed E-state index contributed by atoms with van der Waals surface area (Å²) in [6.07, 6.45) is 1.30. The van der Waals surface area contributed by atoms with Crippen LogP contribution < -0.4 is 9.62 Å². The number of aryl methyl sites for hydroxylation is 1. The monoisotopic (exact) mass is 458 g/mol. The molecule has 0 unspecified atom stereocenters. The first-order valence-electron chi connectivity index (χ1n) is 9.25. The molecule has 0 fully saturated rings. The van der Waals surface area contributed by atoms with Crippen LogP contribution in [0.2, 0.25) is 5.02 Å². The quantitative estimate of drug-likeness (QED) is 0.553. The van der Waals surface area contributed by atoms with Gasteiger partial charge in [0.15, 0.2) is 4.91 Å². The highest BCUT2D eigenvalue weighted by molar-refractivity contribution is 7.97. The number of nitrogens with zero attached hydrogens (tertiary/aromatic N) is 1. The Labute approximate surface area is 184 Å². The van der Waals surface area contributed by atoms with Crippen LogP contribution >= 0.6 is 22.9 Å². The Morgan fingerprint density at radius 1 is 1.03 bits per heavy atom. The molecule has 1 aromatic heterocycles. The van der Waals surface area contributed by atoms with E-state index in [0.717, 1.165) is 16.7 Å². The SMILES string of the molecule is Cc1ccc(CN2c3ccsc3C(=O)C(=CNCc3ccc(Cl)cc3)S2(=O)=O)cc1. The van der Waals surface area contributed by atoms with Gasteiger partial charge in [-0.25, -0.2) is 8.42 Å². The number of sulfonamides is 1. The van der Waals surface area contributed by atoms with E-state index in [1.54, 1.807) is 23.6 Å². The predicted molar refractivity (Wildman–Crippen MR) is 121 cm³/mol. The molecular formula is C22H19ClN2O3S2. The first-order chi connectivity index (χ1) is 14.4. The summed E-state index contributed by atoms with van der Waals surface area (Å²) in [5.41, 5.74) is 3.30. The number of allylic oxidation sites excluding steroid dienone is 1. The fourth-order valence-corrected chi connectivity index (χ4v) is 5.81. The van der Waals surface area contributed by atoms with E-state index in [1.165, 1.54) is 21.8 Å². The second-order valence-electron chi connectivity index (χ2n) is 6.98. The van der Waals surface area contributed by atoms with E-state index in [9.17, 15) is 13.2 Å². The maximum atomic E-state index is 13.3. The molecule has 0 saturated heterocycles. The van der Waals surface area contributed by atoms with Crippen molar-refractivity contribution in [1.29, 1.82) is 0 Å². The molecule has 0 saturated carbocycles. The van der Waals surface area contributed by atoms with E-state index in [4.69, 9.17) is 11.6 Å². The van der Waals surface area contributed by atoms with E-state index in [2.05, 4.69) is 5.32 Å². The Balaban J connectivity index is 1.65. The molecule has 0 atom stereocenters. The molecule has 0 aliphatic carbocycles. The summed E-state index contributed by atoms with van der Waals surface area (Å²) in [6.45, 7) is 2.51. The number of nitrogens with one attached hydrogen (secondary N) is 1. The van der Waals surface area contributed by atoms with E-state index in [0.29, 0.717) is 22.1 Å². The van der Waals surface area contributed by atoms with Crippen molar-refractivity contribution in [2.75, 3.05) is 4.31 Å². The van der Waals surface area contributed by atoms with Gasteiger partial charge in [-0.2, -0.15) is 0 Å². The lowest BCUT2D eigenvalue weighted by Crippen LogP contribution is -2.38. The average Bonchev–Trinajstić information content (AvgIpc) is 3.20. The molecule has 3 aromatic rings. The molecule has 0 spiro atoms. The van der Waals surface area contributed by atoms with Crippen molar-refractivity contribution in [3.63, 3.8) is 0 Å². The molecule has 0 amide bonds. The van der Waals surface area contributed by atoms with Gasteiger partial charge in [0.25, 0.3) is 10.0 Å². The molecule has 154 valence electrons. The van der Waals surface area contributed by atoms with Crippen molar-refractivity contribution in [3.8, 4) is 0 Å². The number of carbonyl (C=O) groups excluding carboxylic acids is 1. The smallest absolute Gasteiger partial charge is 0.270 e. The summed E-state index contributed by atoms with van der Waals surface area (Å²) in [5.74, 6) is -0.483. The van der Waals surface area contributed by atoms with Crippen LogP contribution in [0.3, 0.4) is 0 Å². The number of Topliss-reactive ketones (excluding diaryl/α,β-unsaturated/α-hetero) is 1. The van der Waals surface area contributed by atoms with Gasteiger partial charge in [-0.15, -0.1) is 11.3 Å². The molecule has 1 N–H and O–H groups in total. The molecule has 1 aliphatic rings. The number of hydrogen-bond donors (Lipinski definition) is 1. The van der Waals surface area contributed by atoms with E-state index >= 15 is 0 Å². The second kappa shape index (κ2) is 8.26. The largest absolute Gasteiger partial charge is 0.386 e. The topological polar surface area (TPSA) is 66.5 Å². The Morgan fingerprint density at radius 3 is 2.40 bits per heavy atom. The van der Waals surface area contributed by atoms with Crippen molar-refractivity contribution in [2.24, 2.45) is 0 Å². The van der Waals surface area contributed by atoms with Crippen LogP contribution in [0.4, 0.5) is 5.69 Å². The first kappa shape index (κ1) is 20.7. The summed E-state index contributed by atoms with van der Waals surface area (Å²) in [5, 5.41) is 5.33. The minimum atomic E-state index is -4.00. The van der Waals surface area contributed by atoms with Crippen LogP contribution in [0.15, 0.2) is 71.1 Å². The highest BCUT2D eigenvalue weighted by Gasteiger charge is 2.41. The lowest BCUT2D eigenvalue weighted by molar-refractivity contribution is 0.104. The van der Waals surface area contributed by atoms with Crippen molar-refractivity contribution >= 4 is 44.4 Å². The molecule has 0 radical (unpaired) electrons. The Hall–Kier alpha value is -2.61. The van der Waals surface area contributed by atoms with Gasteiger partial charge in [-0.3, -0.25) is 9.10 Å². The van der Waals surface area contributed by atoms with Gasteiger partial charge >= 0.3 is 0 Å². The third-order valence-corrected chi connectivity index (χ3v) is 7.73. The molecule has 2 heterocycles. The van der Waals surface area contributed by atoms with Crippen LogP contribution in [0.1, 0.15) is 26.4 Å². The van der Waals surface area contributed by atoms with Gasteiger partial charge < -0.3 is 5.32 Å². The van der Waals surface area contributed by atoms with Crippen LogP contribution in [-0.4, -0.2) is 14.2 Å². The highest BCUT2D eigenvalue weighted by atomic mass is 35.5. The zero-order valence-corrected chi connectivity index (χ0v) is 18.5. The third kappa shape index (κ3) is 4.01. The number of ketones is 1. The lowest BCUT2D eigenvalue weighted by Gasteiger charge is -2.29. The minimum absolute atomic E-state index is 0.161. The van der Waals surface area contributed by atoms with Crippen LogP contribution in [0, 0.1) is 6.92 Å². The number of fused-ring (bicyclic) bond motifs is 1. The summed E-state index contributed by atoms with van der Waals surface area (Å²) >= 11 is 7.14. The maximum absolute atomic E-state index is 13.3. The van der Waals surface area contributed by atoms with E-state index in [1.807, 2.05) is 43.3 Å². The zero-order chi connectivity index (χ0) is 21.3. The fraction of sp³-hybridized carbons (Fsp3) is 0.136.